The second kappa shape index (κ2) is 5.20. The zero-order valence-electron chi connectivity index (χ0n) is 11.0. The largest absolute Gasteiger partial charge is 0.379 e. The molecule has 1 aliphatic rings. The van der Waals surface area contributed by atoms with Crippen LogP contribution in [0.5, 0.6) is 0 Å². The number of nitrogen functional groups attached to an aromatic ring is 1. The van der Waals surface area contributed by atoms with Crippen LogP contribution in [0.4, 0.5) is 10.9 Å². The van der Waals surface area contributed by atoms with Gasteiger partial charge in [-0.2, -0.15) is 0 Å². The number of anilines is 2. The molecule has 2 aromatic heterocycles. The van der Waals surface area contributed by atoms with E-state index >= 15 is 0 Å². The third-order valence-corrected chi connectivity index (χ3v) is 4.38. The van der Waals surface area contributed by atoms with Crippen LogP contribution < -0.4 is 11.1 Å². The summed E-state index contributed by atoms with van der Waals surface area (Å²) in [6, 6.07) is 0. The molecule has 0 saturated carbocycles. The van der Waals surface area contributed by atoms with Gasteiger partial charge in [0.05, 0.1) is 12.1 Å². The van der Waals surface area contributed by atoms with Crippen LogP contribution in [0.3, 0.4) is 0 Å². The molecule has 8 heteroatoms. The molecule has 0 fully saturated rings. The Kier molecular flexibility index (Phi) is 3.39. The van der Waals surface area contributed by atoms with Crippen molar-refractivity contribution < 1.29 is 9.42 Å². The van der Waals surface area contributed by atoms with Crippen molar-refractivity contribution in [2.45, 2.75) is 32.6 Å². The van der Waals surface area contributed by atoms with E-state index in [-0.39, 0.29) is 18.1 Å². The van der Waals surface area contributed by atoms with Gasteiger partial charge in [0.2, 0.25) is 5.91 Å². The molecule has 2 aromatic rings. The molecule has 106 valence electrons. The van der Waals surface area contributed by atoms with Gasteiger partial charge in [0.15, 0.2) is 10.9 Å². The summed E-state index contributed by atoms with van der Waals surface area (Å²) in [5.74, 6) is 0.617. The lowest BCUT2D eigenvalue weighted by atomic mass is 9.93. The van der Waals surface area contributed by atoms with Gasteiger partial charge in [-0.3, -0.25) is 4.79 Å². The first-order valence-electron chi connectivity index (χ1n) is 6.47. The topological polar surface area (TPSA) is 107 Å². The summed E-state index contributed by atoms with van der Waals surface area (Å²) in [7, 11) is 0. The van der Waals surface area contributed by atoms with Gasteiger partial charge < -0.3 is 11.1 Å². The molecule has 0 radical (unpaired) electrons. The molecule has 20 heavy (non-hydrogen) atoms. The lowest BCUT2D eigenvalue weighted by Gasteiger charge is -2.15. The maximum Gasteiger partial charge on any atom is 0.232 e. The molecule has 0 unspecified atom stereocenters. The molecule has 3 N–H and O–H groups in total. The highest BCUT2D eigenvalue weighted by molar-refractivity contribution is 7.15. The predicted molar refractivity (Wildman–Crippen MR) is 74.3 cm³/mol. The Hall–Kier alpha value is -1.96. The number of rotatable bonds is 3. The van der Waals surface area contributed by atoms with Crippen molar-refractivity contribution in [2.24, 2.45) is 5.92 Å². The molecule has 2 heterocycles. The van der Waals surface area contributed by atoms with Gasteiger partial charge in [-0.15, -0.1) is 11.3 Å². The van der Waals surface area contributed by atoms with Gasteiger partial charge in [-0.25, -0.2) is 9.61 Å². The summed E-state index contributed by atoms with van der Waals surface area (Å²) < 4.78 is 4.46. The van der Waals surface area contributed by atoms with E-state index in [1.54, 1.807) is 11.3 Å². The molecule has 0 bridgehead atoms. The maximum absolute atomic E-state index is 11.9. The van der Waals surface area contributed by atoms with E-state index in [9.17, 15) is 4.79 Å². The monoisotopic (exact) mass is 293 g/mol. The van der Waals surface area contributed by atoms with Crippen molar-refractivity contribution in [3.8, 4) is 0 Å². The third kappa shape index (κ3) is 2.64. The highest BCUT2D eigenvalue weighted by Gasteiger charge is 2.21. The minimum atomic E-state index is -0.216. The van der Waals surface area contributed by atoms with Crippen molar-refractivity contribution in [3.05, 3.63) is 16.3 Å². The second-order valence-electron chi connectivity index (χ2n) is 5.06. The Morgan fingerprint density at radius 2 is 2.40 bits per heavy atom. The smallest absolute Gasteiger partial charge is 0.232 e. The number of aryl methyl sites for hydroxylation is 1. The molecule has 7 nitrogen and oxygen atoms in total. The van der Waals surface area contributed by atoms with Crippen molar-refractivity contribution in [1.82, 2.24) is 15.3 Å². The van der Waals surface area contributed by atoms with E-state index in [0.717, 1.165) is 25.0 Å². The number of fused-ring (bicyclic) bond motifs is 1. The van der Waals surface area contributed by atoms with Crippen LogP contribution in [-0.4, -0.2) is 21.2 Å². The molecule has 0 spiro atoms. The van der Waals surface area contributed by atoms with Crippen LogP contribution in [0.25, 0.3) is 0 Å². The van der Waals surface area contributed by atoms with E-state index in [2.05, 4.69) is 32.2 Å². The number of nitrogens with two attached hydrogens (primary N) is 1. The van der Waals surface area contributed by atoms with Crippen molar-refractivity contribution in [1.29, 1.82) is 0 Å². The highest BCUT2D eigenvalue weighted by atomic mass is 32.1. The van der Waals surface area contributed by atoms with Gasteiger partial charge in [-0.1, -0.05) is 12.1 Å². The van der Waals surface area contributed by atoms with Crippen molar-refractivity contribution in [2.75, 3.05) is 11.1 Å². The van der Waals surface area contributed by atoms with Crippen LogP contribution in [0, 0.1) is 5.92 Å². The highest BCUT2D eigenvalue weighted by Crippen LogP contribution is 2.32. The minimum Gasteiger partial charge on any atom is -0.379 e. The molecule has 0 aliphatic heterocycles. The number of carbonyl (C=O) groups is 1. The van der Waals surface area contributed by atoms with E-state index < -0.39 is 0 Å². The zero-order valence-corrected chi connectivity index (χ0v) is 11.9. The Morgan fingerprint density at radius 1 is 1.55 bits per heavy atom. The van der Waals surface area contributed by atoms with Crippen molar-refractivity contribution >= 4 is 28.2 Å². The second-order valence-corrected chi connectivity index (χ2v) is 6.14. The summed E-state index contributed by atoms with van der Waals surface area (Å²) in [6.45, 7) is 2.24. The first-order chi connectivity index (χ1) is 9.61. The summed E-state index contributed by atoms with van der Waals surface area (Å²) in [5, 5.41) is 10.4. The fourth-order valence-corrected chi connectivity index (χ4v) is 3.43. The van der Waals surface area contributed by atoms with Crippen molar-refractivity contribution in [3.63, 3.8) is 0 Å². The van der Waals surface area contributed by atoms with Crippen LogP contribution >= 0.6 is 11.3 Å². The molecule has 0 aromatic carbocycles. The molecule has 1 atom stereocenters. The first-order valence-corrected chi connectivity index (χ1v) is 7.29. The molecular weight excluding hydrogens is 278 g/mol. The molecule has 0 saturated heterocycles. The number of thiazole rings is 1. The van der Waals surface area contributed by atoms with Gasteiger partial charge in [0, 0.05) is 4.88 Å². The number of aromatic nitrogens is 3. The number of nitrogens with one attached hydrogen (secondary N) is 1. The summed E-state index contributed by atoms with van der Waals surface area (Å²) >= 11 is 1.55. The van der Waals surface area contributed by atoms with Crippen LogP contribution in [0.1, 0.15) is 29.6 Å². The Balaban J connectivity index is 1.66. The quantitative estimate of drug-likeness (QED) is 0.886. The summed E-state index contributed by atoms with van der Waals surface area (Å²) in [5.41, 5.74) is 6.98. The van der Waals surface area contributed by atoms with Gasteiger partial charge in [-0.05, 0) is 30.3 Å². The molecule has 3 rings (SSSR count). The summed E-state index contributed by atoms with van der Waals surface area (Å²) in [4.78, 5) is 17.7. The van der Waals surface area contributed by atoms with E-state index in [4.69, 9.17) is 5.73 Å². The SMILES string of the molecule is C[C@@H]1CCc2nc(NC(=O)Cc3nonc3N)sc2C1. The third-order valence-electron chi connectivity index (χ3n) is 3.35. The summed E-state index contributed by atoms with van der Waals surface area (Å²) in [6.07, 6.45) is 3.23. The predicted octanol–water partition coefficient (Wildman–Crippen LogP) is 1.41. The number of nitrogens with zero attached hydrogens (tertiary/aromatic N) is 3. The van der Waals surface area contributed by atoms with Crippen LogP contribution in [-0.2, 0) is 24.1 Å². The standard InChI is InChI=1S/C12H15N5O2S/c1-6-2-3-7-9(4-6)20-12(14-7)15-10(18)5-8-11(13)17-19-16-8/h6H,2-5H2,1H3,(H2,13,17)(H,14,15,18)/t6-/m1/s1. The Morgan fingerprint density at radius 3 is 3.15 bits per heavy atom. The van der Waals surface area contributed by atoms with E-state index in [1.807, 2.05) is 0 Å². The fraction of sp³-hybridized carbons (Fsp3) is 0.500. The number of carbonyl (C=O) groups excluding carboxylic acids is 1. The first kappa shape index (κ1) is 13.0. The Bertz CT molecular complexity index is 636. The van der Waals surface area contributed by atoms with Gasteiger partial charge in [0.1, 0.15) is 5.69 Å². The zero-order chi connectivity index (χ0) is 14.1. The van der Waals surface area contributed by atoms with Crippen LogP contribution in [0.15, 0.2) is 4.63 Å². The average molecular weight is 293 g/mol. The normalized spacial score (nSPS) is 17.8. The van der Waals surface area contributed by atoms with Crippen LogP contribution in [0.2, 0.25) is 0 Å². The number of hydrogen-bond acceptors (Lipinski definition) is 7. The number of hydrogen-bond donors (Lipinski definition) is 2. The maximum atomic E-state index is 11.9. The molecular formula is C12H15N5O2S. The van der Waals surface area contributed by atoms with Gasteiger partial charge >= 0.3 is 0 Å². The lowest BCUT2D eigenvalue weighted by molar-refractivity contribution is -0.115. The van der Waals surface area contributed by atoms with E-state index in [1.165, 1.54) is 4.88 Å². The van der Waals surface area contributed by atoms with E-state index in [0.29, 0.717) is 16.7 Å². The fourth-order valence-electron chi connectivity index (χ4n) is 2.24. The lowest BCUT2D eigenvalue weighted by Crippen LogP contribution is -2.15. The average Bonchev–Trinajstić information content (AvgIpc) is 2.95. The Labute approximate surface area is 119 Å². The number of amides is 1. The minimum absolute atomic E-state index is 0.0377. The van der Waals surface area contributed by atoms with Gasteiger partial charge in [0.25, 0.3) is 0 Å². The molecule has 1 amide bonds. The molecule has 1 aliphatic carbocycles.